The second kappa shape index (κ2) is 6.78. The first-order valence-corrected chi connectivity index (χ1v) is 9.13. The smallest absolute Gasteiger partial charge is 0.410 e. The van der Waals surface area contributed by atoms with Crippen LogP contribution in [0.5, 0.6) is 0 Å². The molecular formula is C18H21BFN3O3S. The summed E-state index contributed by atoms with van der Waals surface area (Å²) in [5.41, 5.74) is -0.871. The highest BCUT2D eigenvalue weighted by Crippen LogP contribution is 2.37. The zero-order valence-corrected chi connectivity index (χ0v) is 16.4. The van der Waals surface area contributed by atoms with Gasteiger partial charge in [0.2, 0.25) is 0 Å². The molecular weight excluding hydrogens is 368 g/mol. The Morgan fingerprint density at radius 1 is 1.33 bits per heavy atom. The van der Waals surface area contributed by atoms with Gasteiger partial charge >= 0.3 is 12.1 Å². The van der Waals surface area contributed by atoms with Gasteiger partial charge in [-0.05, 0) is 45.7 Å². The number of ether oxygens (including phenoxy) is 1. The summed E-state index contributed by atoms with van der Waals surface area (Å²) < 4.78 is 19.2. The van der Waals surface area contributed by atoms with Gasteiger partial charge in [-0.25, -0.2) is 14.0 Å². The molecule has 0 aliphatic carbocycles. The zero-order chi connectivity index (χ0) is 20.0. The van der Waals surface area contributed by atoms with Crippen molar-refractivity contribution in [3.63, 3.8) is 0 Å². The number of hydrogen-bond donors (Lipinski definition) is 1. The Labute approximate surface area is 164 Å². The number of rotatable bonds is 1. The Morgan fingerprint density at radius 3 is 2.56 bits per heavy atom. The van der Waals surface area contributed by atoms with Crippen molar-refractivity contribution in [3.05, 3.63) is 24.0 Å². The topological polar surface area (TPSA) is 61.9 Å². The minimum absolute atomic E-state index is 0.276. The van der Waals surface area contributed by atoms with Crippen molar-refractivity contribution in [2.45, 2.75) is 44.8 Å². The van der Waals surface area contributed by atoms with Crippen LogP contribution in [0.15, 0.2) is 18.2 Å². The Balaban J connectivity index is 1.86. The molecule has 2 heterocycles. The molecule has 2 saturated heterocycles. The lowest BCUT2D eigenvalue weighted by Crippen LogP contribution is -2.58. The van der Waals surface area contributed by atoms with E-state index in [0.717, 1.165) is 0 Å². The summed E-state index contributed by atoms with van der Waals surface area (Å²) in [6.07, 6.45) is 0.400. The van der Waals surface area contributed by atoms with Gasteiger partial charge in [0.25, 0.3) is 0 Å². The molecule has 0 unspecified atom stereocenters. The Bertz CT molecular complexity index is 804. The number of carbonyl (C=O) groups excluding carboxylic acids is 2. The number of nitrogens with zero attached hydrogens (tertiary/aromatic N) is 2. The van der Waals surface area contributed by atoms with Crippen molar-refractivity contribution in [1.29, 1.82) is 0 Å². The van der Waals surface area contributed by atoms with E-state index >= 15 is 0 Å². The number of thiocarbonyl (C=S) groups is 1. The van der Waals surface area contributed by atoms with Crippen molar-refractivity contribution < 1.29 is 18.7 Å². The molecule has 2 aliphatic rings. The molecule has 3 amide bonds. The molecule has 6 nitrogen and oxygen atoms in total. The third-order valence-corrected chi connectivity index (χ3v) is 5.23. The normalized spacial score (nSPS) is 19.4. The lowest BCUT2D eigenvalue weighted by Gasteiger charge is -2.43. The Hall–Kier alpha value is -2.16. The summed E-state index contributed by atoms with van der Waals surface area (Å²) >= 11 is 5.43. The van der Waals surface area contributed by atoms with Crippen LogP contribution in [0.1, 0.15) is 33.6 Å². The Kier molecular flexibility index (Phi) is 4.92. The van der Waals surface area contributed by atoms with Gasteiger partial charge in [-0.1, -0.05) is 23.7 Å². The van der Waals surface area contributed by atoms with Crippen LogP contribution in [0, 0.1) is 5.82 Å². The first-order valence-electron chi connectivity index (χ1n) is 8.72. The van der Waals surface area contributed by atoms with Crippen molar-refractivity contribution in [1.82, 2.24) is 10.2 Å². The van der Waals surface area contributed by atoms with E-state index in [1.165, 1.54) is 23.1 Å². The van der Waals surface area contributed by atoms with Crippen LogP contribution < -0.4 is 15.7 Å². The van der Waals surface area contributed by atoms with E-state index in [-0.39, 0.29) is 11.2 Å². The van der Waals surface area contributed by atoms with E-state index in [4.69, 9.17) is 24.8 Å². The third kappa shape index (κ3) is 3.65. The van der Waals surface area contributed by atoms with E-state index in [9.17, 15) is 14.0 Å². The predicted octanol–water partition coefficient (Wildman–Crippen LogP) is 2.25. The summed E-state index contributed by atoms with van der Waals surface area (Å²) in [5.74, 6) is -0.494. The zero-order valence-electron chi connectivity index (χ0n) is 15.5. The van der Waals surface area contributed by atoms with Crippen LogP contribution in [-0.4, -0.2) is 54.1 Å². The largest absolute Gasteiger partial charge is 0.444 e. The molecule has 27 heavy (non-hydrogen) atoms. The van der Waals surface area contributed by atoms with Crippen LogP contribution in [-0.2, 0) is 4.74 Å². The van der Waals surface area contributed by atoms with Gasteiger partial charge in [0.05, 0.1) is 0 Å². The van der Waals surface area contributed by atoms with Crippen molar-refractivity contribution >= 4 is 48.3 Å². The third-order valence-electron chi connectivity index (χ3n) is 4.75. The summed E-state index contributed by atoms with van der Waals surface area (Å²) in [4.78, 5) is 28.3. The quantitative estimate of drug-likeness (QED) is 0.591. The monoisotopic (exact) mass is 389 g/mol. The number of likely N-dealkylation sites (tertiary alicyclic amines) is 1. The molecule has 1 aromatic rings. The van der Waals surface area contributed by atoms with Gasteiger partial charge in [0.1, 0.15) is 29.8 Å². The van der Waals surface area contributed by atoms with Crippen molar-refractivity contribution in [3.8, 4) is 0 Å². The second-order valence-electron chi connectivity index (χ2n) is 7.80. The number of piperidine rings is 1. The molecule has 0 atom stereocenters. The molecule has 142 valence electrons. The number of urea groups is 1. The summed E-state index contributed by atoms with van der Waals surface area (Å²) in [6.45, 7) is 6.13. The van der Waals surface area contributed by atoms with Crippen LogP contribution in [0.25, 0.3) is 0 Å². The van der Waals surface area contributed by atoms with Gasteiger partial charge < -0.3 is 9.64 Å². The highest BCUT2D eigenvalue weighted by molar-refractivity contribution is 7.80. The molecule has 2 aliphatic heterocycles. The predicted molar refractivity (Wildman–Crippen MR) is 105 cm³/mol. The van der Waals surface area contributed by atoms with Crippen LogP contribution in [0.4, 0.5) is 19.7 Å². The second-order valence-corrected chi connectivity index (χ2v) is 8.21. The van der Waals surface area contributed by atoms with E-state index in [1.807, 2.05) is 0 Å². The number of benzene rings is 1. The van der Waals surface area contributed by atoms with Gasteiger partial charge in [-0.15, -0.1) is 0 Å². The molecule has 2 radical (unpaired) electrons. The number of amides is 3. The summed E-state index contributed by atoms with van der Waals surface area (Å²) in [6, 6.07) is 3.44. The van der Waals surface area contributed by atoms with E-state index in [0.29, 0.717) is 30.9 Å². The van der Waals surface area contributed by atoms with E-state index in [1.54, 1.807) is 25.7 Å². The fourth-order valence-electron chi connectivity index (χ4n) is 3.45. The average molecular weight is 389 g/mol. The van der Waals surface area contributed by atoms with Crippen molar-refractivity contribution in [2.75, 3.05) is 18.0 Å². The minimum Gasteiger partial charge on any atom is -0.444 e. The molecule has 0 saturated carbocycles. The van der Waals surface area contributed by atoms with Gasteiger partial charge in [0, 0.05) is 18.8 Å². The van der Waals surface area contributed by atoms with Crippen LogP contribution >= 0.6 is 12.2 Å². The molecule has 9 heteroatoms. The summed E-state index contributed by atoms with van der Waals surface area (Å²) in [7, 11) is 6.00. The first kappa shape index (κ1) is 19.6. The number of nitrogens with one attached hydrogen (secondary N) is 1. The van der Waals surface area contributed by atoms with Crippen LogP contribution in [0.3, 0.4) is 0 Å². The number of halogens is 1. The molecule has 1 spiro atoms. The fraction of sp³-hybridized carbons (Fsp3) is 0.500. The van der Waals surface area contributed by atoms with Gasteiger partial charge in [0.15, 0.2) is 0 Å². The van der Waals surface area contributed by atoms with E-state index < -0.39 is 29.1 Å². The highest BCUT2D eigenvalue weighted by atomic mass is 32.1. The SMILES string of the molecule is [B]c1ccc(F)cc1N1C(=O)NC(=S)C12CCN(C(=O)OC(C)(C)C)CC2. The van der Waals surface area contributed by atoms with Gasteiger partial charge in [-0.3, -0.25) is 10.2 Å². The maximum atomic E-state index is 13.8. The highest BCUT2D eigenvalue weighted by Gasteiger charge is 2.53. The van der Waals surface area contributed by atoms with Crippen LogP contribution in [0.2, 0.25) is 0 Å². The number of hydrogen-bond acceptors (Lipinski definition) is 4. The maximum Gasteiger partial charge on any atom is 0.410 e. The standard InChI is InChI=1S/C18H21BFN3O3S/c1-17(2,3)26-16(25)22-8-6-18(7-9-22)14(27)21-15(24)23(18)13-10-11(20)4-5-12(13)19/h4-5,10H,6-9H2,1-3H3,(H,21,24,27). The van der Waals surface area contributed by atoms with Crippen molar-refractivity contribution in [2.24, 2.45) is 0 Å². The first-order chi connectivity index (χ1) is 12.5. The Morgan fingerprint density at radius 2 is 1.96 bits per heavy atom. The van der Waals surface area contributed by atoms with E-state index in [2.05, 4.69) is 5.32 Å². The molecule has 0 bridgehead atoms. The molecule has 1 N–H and O–H groups in total. The lowest BCUT2D eigenvalue weighted by molar-refractivity contribution is 0.0194. The maximum absolute atomic E-state index is 13.8. The number of anilines is 1. The average Bonchev–Trinajstić information content (AvgIpc) is 2.79. The van der Waals surface area contributed by atoms with Gasteiger partial charge in [-0.2, -0.15) is 0 Å². The lowest BCUT2D eigenvalue weighted by atomic mass is 9.84. The fourth-order valence-corrected chi connectivity index (χ4v) is 3.83. The molecule has 3 rings (SSSR count). The molecule has 2 fully saturated rings. The number of carbonyl (C=O) groups is 2. The minimum atomic E-state index is -0.840. The summed E-state index contributed by atoms with van der Waals surface area (Å²) in [5, 5.41) is 2.66. The molecule has 1 aromatic carbocycles. The molecule has 0 aromatic heterocycles.